The van der Waals surface area contributed by atoms with Gasteiger partial charge in [-0.1, -0.05) is 26.0 Å². The smallest absolute Gasteiger partial charge is 0.264 e. The first-order chi connectivity index (χ1) is 12.1. The minimum Gasteiger partial charge on any atom is -0.485 e. The van der Waals surface area contributed by atoms with Crippen LogP contribution in [-0.2, 0) is 17.8 Å². The van der Waals surface area contributed by atoms with Crippen LogP contribution in [0.3, 0.4) is 0 Å². The van der Waals surface area contributed by atoms with Crippen LogP contribution in [0.15, 0.2) is 24.3 Å². The Balaban J connectivity index is 1.41. The Kier molecular flexibility index (Phi) is 4.07. The van der Waals surface area contributed by atoms with E-state index in [2.05, 4.69) is 33.9 Å². The Morgan fingerprint density at radius 3 is 2.88 bits per heavy atom. The van der Waals surface area contributed by atoms with Crippen LogP contribution >= 0.6 is 0 Å². The highest BCUT2D eigenvalue weighted by molar-refractivity contribution is 5.82. The van der Waals surface area contributed by atoms with E-state index in [-0.39, 0.29) is 18.6 Å². The van der Waals surface area contributed by atoms with Gasteiger partial charge in [0.05, 0.1) is 0 Å². The number of ether oxygens (including phenoxy) is 2. The van der Waals surface area contributed by atoms with Gasteiger partial charge in [-0.2, -0.15) is 0 Å². The number of hydrogen-bond acceptors (Lipinski definition) is 5. The second-order valence-electron chi connectivity index (χ2n) is 6.85. The van der Waals surface area contributed by atoms with Crippen molar-refractivity contribution in [2.24, 2.45) is 0 Å². The molecule has 2 aliphatic heterocycles. The van der Waals surface area contributed by atoms with E-state index in [1.54, 1.807) is 0 Å². The van der Waals surface area contributed by atoms with Crippen molar-refractivity contribution in [1.82, 2.24) is 20.1 Å². The van der Waals surface area contributed by atoms with Crippen molar-refractivity contribution < 1.29 is 14.3 Å². The number of carbonyl (C=O) groups excluding carboxylic acids is 1. The molecule has 0 unspecified atom stereocenters. The number of hydrogen-bond donors (Lipinski definition) is 1. The maximum Gasteiger partial charge on any atom is 0.264 e. The Hall–Kier alpha value is -2.57. The molecule has 0 radical (unpaired) electrons. The number of para-hydroxylation sites is 2. The minimum absolute atomic E-state index is 0.0503. The minimum atomic E-state index is -0.623. The van der Waals surface area contributed by atoms with Crippen LogP contribution in [0.25, 0.3) is 0 Å². The molecule has 1 N–H and O–H groups in total. The highest BCUT2D eigenvalue weighted by atomic mass is 16.6. The molecule has 2 aromatic rings. The van der Waals surface area contributed by atoms with Gasteiger partial charge < -0.3 is 19.4 Å². The molecular weight excluding hydrogens is 320 g/mol. The van der Waals surface area contributed by atoms with E-state index >= 15 is 0 Å². The molecule has 25 heavy (non-hydrogen) atoms. The molecule has 4 rings (SSSR count). The van der Waals surface area contributed by atoms with Crippen molar-refractivity contribution in [3.05, 3.63) is 35.9 Å². The van der Waals surface area contributed by atoms with E-state index < -0.39 is 6.10 Å². The average molecular weight is 342 g/mol. The molecule has 1 amide bonds. The van der Waals surface area contributed by atoms with Gasteiger partial charge in [0.1, 0.15) is 18.3 Å². The summed E-state index contributed by atoms with van der Waals surface area (Å²) in [6.45, 7) is 5.13. The molecule has 0 saturated carbocycles. The number of rotatable bonds is 3. The summed E-state index contributed by atoms with van der Waals surface area (Å²) in [4.78, 5) is 12.6. The fourth-order valence-electron chi connectivity index (χ4n) is 3.34. The monoisotopic (exact) mass is 342 g/mol. The first kappa shape index (κ1) is 15.9. The highest BCUT2D eigenvalue weighted by Crippen LogP contribution is 2.31. The van der Waals surface area contributed by atoms with Crippen molar-refractivity contribution in [3.8, 4) is 11.5 Å². The van der Waals surface area contributed by atoms with Crippen LogP contribution < -0.4 is 14.8 Å². The van der Waals surface area contributed by atoms with Crippen molar-refractivity contribution in [1.29, 1.82) is 0 Å². The third-order valence-electron chi connectivity index (χ3n) is 4.64. The Morgan fingerprint density at radius 2 is 2.08 bits per heavy atom. The maximum absolute atomic E-state index is 12.6. The number of fused-ring (bicyclic) bond motifs is 2. The predicted octanol–water partition coefficient (Wildman–Crippen LogP) is 1.67. The Bertz CT molecular complexity index is 786. The highest BCUT2D eigenvalue weighted by Gasteiger charge is 2.31. The lowest BCUT2D eigenvalue weighted by Gasteiger charge is -2.29. The van der Waals surface area contributed by atoms with Crippen LogP contribution in [0, 0.1) is 0 Å². The first-order valence-corrected chi connectivity index (χ1v) is 8.72. The SMILES string of the molecule is CC(C)c1nnc2n1C[C@H](NC(=O)[C@@H]1COc3ccccc3O1)CC2. The van der Waals surface area contributed by atoms with Crippen molar-refractivity contribution in [2.45, 2.75) is 51.3 Å². The molecule has 3 heterocycles. The summed E-state index contributed by atoms with van der Waals surface area (Å²) in [5.41, 5.74) is 0. The van der Waals surface area contributed by atoms with Gasteiger partial charge in [-0.15, -0.1) is 10.2 Å². The molecule has 7 heteroatoms. The van der Waals surface area contributed by atoms with Crippen LogP contribution in [0.5, 0.6) is 11.5 Å². The van der Waals surface area contributed by atoms with Gasteiger partial charge in [0.25, 0.3) is 5.91 Å². The molecule has 1 aromatic heterocycles. The Morgan fingerprint density at radius 1 is 1.28 bits per heavy atom. The molecule has 0 saturated heterocycles. The lowest BCUT2D eigenvalue weighted by Crippen LogP contribution is -2.50. The molecule has 2 aliphatic rings. The van der Waals surface area contributed by atoms with Crippen molar-refractivity contribution in [3.63, 3.8) is 0 Å². The van der Waals surface area contributed by atoms with E-state index in [4.69, 9.17) is 9.47 Å². The van der Waals surface area contributed by atoms with Gasteiger partial charge in [0.2, 0.25) is 6.10 Å². The Labute approximate surface area is 146 Å². The van der Waals surface area contributed by atoms with Crippen LogP contribution in [0.4, 0.5) is 0 Å². The summed E-state index contributed by atoms with van der Waals surface area (Å²) in [5, 5.41) is 11.6. The number of carbonyl (C=O) groups is 1. The number of nitrogens with one attached hydrogen (secondary N) is 1. The van der Waals surface area contributed by atoms with Gasteiger partial charge in [0, 0.05) is 24.9 Å². The van der Waals surface area contributed by atoms with Gasteiger partial charge >= 0.3 is 0 Å². The molecule has 0 bridgehead atoms. The molecule has 2 atom stereocenters. The number of nitrogens with zero attached hydrogens (tertiary/aromatic N) is 3. The van der Waals surface area contributed by atoms with E-state index in [0.29, 0.717) is 24.0 Å². The summed E-state index contributed by atoms with van der Waals surface area (Å²) < 4.78 is 13.5. The zero-order valence-electron chi connectivity index (χ0n) is 14.4. The van der Waals surface area contributed by atoms with E-state index in [1.165, 1.54) is 0 Å². The third kappa shape index (κ3) is 3.06. The van der Waals surface area contributed by atoms with E-state index in [0.717, 1.165) is 24.5 Å². The molecule has 0 fully saturated rings. The van der Waals surface area contributed by atoms with Gasteiger partial charge in [-0.3, -0.25) is 4.79 Å². The third-order valence-corrected chi connectivity index (χ3v) is 4.64. The molecule has 1 aromatic carbocycles. The number of aryl methyl sites for hydroxylation is 1. The second-order valence-corrected chi connectivity index (χ2v) is 6.85. The summed E-state index contributed by atoms with van der Waals surface area (Å²) >= 11 is 0. The van der Waals surface area contributed by atoms with Crippen molar-refractivity contribution >= 4 is 5.91 Å². The van der Waals surface area contributed by atoms with Gasteiger partial charge in [-0.25, -0.2) is 0 Å². The molecule has 0 aliphatic carbocycles. The van der Waals surface area contributed by atoms with Gasteiger partial charge in [0.15, 0.2) is 11.5 Å². The zero-order chi connectivity index (χ0) is 17.4. The normalized spacial score (nSPS) is 21.7. The average Bonchev–Trinajstić information content (AvgIpc) is 3.04. The van der Waals surface area contributed by atoms with Crippen molar-refractivity contribution in [2.75, 3.05) is 6.61 Å². The fourth-order valence-corrected chi connectivity index (χ4v) is 3.34. The standard InChI is InChI=1S/C18H22N4O3/c1-11(2)17-21-20-16-8-7-12(9-22(16)17)19-18(23)15-10-24-13-5-3-4-6-14(13)25-15/h3-6,11-12,15H,7-10H2,1-2H3,(H,19,23)/t12-,15+/m1/s1. The maximum atomic E-state index is 12.6. The first-order valence-electron chi connectivity index (χ1n) is 8.72. The topological polar surface area (TPSA) is 78.3 Å². The summed E-state index contributed by atoms with van der Waals surface area (Å²) in [6, 6.07) is 7.45. The molecule has 7 nitrogen and oxygen atoms in total. The number of amides is 1. The van der Waals surface area contributed by atoms with Crippen LogP contribution in [0.1, 0.15) is 37.8 Å². The lowest BCUT2D eigenvalue weighted by atomic mass is 10.1. The summed E-state index contributed by atoms with van der Waals surface area (Å²) in [6.07, 6.45) is 1.04. The van der Waals surface area contributed by atoms with E-state index in [1.807, 2.05) is 24.3 Å². The fraction of sp³-hybridized carbons (Fsp3) is 0.500. The molecule has 132 valence electrons. The molecular formula is C18H22N4O3. The predicted molar refractivity (Wildman–Crippen MR) is 90.7 cm³/mol. The summed E-state index contributed by atoms with van der Waals surface area (Å²) in [7, 11) is 0. The quantitative estimate of drug-likeness (QED) is 0.918. The number of benzene rings is 1. The largest absolute Gasteiger partial charge is 0.485 e. The van der Waals surface area contributed by atoms with Crippen LogP contribution in [0.2, 0.25) is 0 Å². The van der Waals surface area contributed by atoms with E-state index in [9.17, 15) is 4.79 Å². The molecule has 0 spiro atoms. The lowest BCUT2D eigenvalue weighted by molar-refractivity contribution is -0.131. The van der Waals surface area contributed by atoms with Crippen LogP contribution in [-0.4, -0.2) is 39.4 Å². The second kappa shape index (κ2) is 6.38. The summed E-state index contributed by atoms with van der Waals surface area (Å²) in [5.74, 6) is 3.44. The number of aromatic nitrogens is 3. The zero-order valence-corrected chi connectivity index (χ0v) is 14.4. The van der Waals surface area contributed by atoms with Gasteiger partial charge in [-0.05, 0) is 18.6 Å².